The average molecular weight is 381 g/mol. The minimum absolute atomic E-state index is 0.176. The minimum atomic E-state index is -1.03. The number of Topliss-reactive ketones (excluding diaryl/α,β-unsaturated/α-hetero) is 1. The second-order valence-electron chi connectivity index (χ2n) is 5.39. The van der Waals surface area contributed by atoms with Gasteiger partial charge in [0.25, 0.3) is 5.91 Å². The summed E-state index contributed by atoms with van der Waals surface area (Å²) < 4.78 is 0.683. The Bertz CT molecular complexity index is 711. The van der Waals surface area contributed by atoms with Crippen LogP contribution in [0.4, 0.5) is 0 Å². The van der Waals surface area contributed by atoms with Crippen molar-refractivity contribution in [3.05, 3.63) is 69.2 Å². The van der Waals surface area contributed by atoms with E-state index in [4.69, 9.17) is 11.6 Å². The first kappa shape index (κ1) is 16.7. The lowest BCUT2D eigenvalue weighted by atomic mass is 9.92. The van der Waals surface area contributed by atoms with Crippen LogP contribution in [0, 0.1) is 0 Å². The zero-order valence-electron chi connectivity index (χ0n) is 12.2. The molecule has 2 aromatic rings. The SMILES string of the molecule is CC(C)(NC(=O)c1ccccc1Br)C(=O)c1ccc(Cl)cc1. The van der Waals surface area contributed by atoms with Gasteiger partial charge in [0.2, 0.25) is 0 Å². The third-order valence-corrected chi connectivity index (χ3v) is 4.16. The highest BCUT2D eigenvalue weighted by atomic mass is 79.9. The number of rotatable bonds is 4. The first-order valence-electron chi connectivity index (χ1n) is 6.68. The van der Waals surface area contributed by atoms with E-state index in [1.807, 2.05) is 6.07 Å². The lowest BCUT2D eigenvalue weighted by molar-refractivity contribution is 0.0798. The number of benzene rings is 2. The molecule has 114 valence electrons. The fourth-order valence-corrected chi connectivity index (χ4v) is 2.61. The molecule has 1 N–H and O–H groups in total. The summed E-state index contributed by atoms with van der Waals surface area (Å²) in [7, 11) is 0. The van der Waals surface area contributed by atoms with Crippen LogP contribution in [-0.2, 0) is 0 Å². The maximum Gasteiger partial charge on any atom is 0.253 e. The molecular weight excluding hydrogens is 366 g/mol. The Morgan fingerprint density at radius 2 is 1.64 bits per heavy atom. The number of carbonyl (C=O) groups excluding carboxylic acids is 2. The second-order valence-corrected chi connectivity index (χ2v) is 6.69. The van der Waals surface area contributed by atoms with Gasteiger partial charge in [-0.05, 0) is 66.2 Å². The van der Waals surface area contributed by atoms with Gasteiger partial charge >= 0.3 is 0 Å². The number of nitrogens with one attached hydrogen (secondary N) is 1. The molecule has 1 amide bonds. The van der Waals surface area contributed by atoms with E-state index in [-0.39, 0.29) is 11.7 Å². The molecule has 0 unspecified atom stereocenters. The van der Waals surface area contributed by atoms with E-state index in [1.54, 1.807) is 56.3 Å². The standard InChI is InChI=1S/C17H15BrClNO2/c1-17(2,15(21)11-7-9-12(19)10-8-11)20-16(22)13-5-3-4-6-14(13)18/h3-10H,1-2H3,(H,20,22). The summed E-state index contributed by atoms with van der Waals surface area (Å²) >= 11 is 9.16. The van der Waals surface area contributed by atoms with E-state index >= 15 is 0 Å². The van der Waals surface area contributed by atoms with Gasteiger partial charge in [0.1, 0.15) is 0 Å². The van der Waals surface area contributed by atoms with Gasteiger partial charge in [-0.2, -0.15) is 0 Å². The average Bonchev–Trinajstić information content (AvgIpc) is 2.47. The highest BCUT2D eigenvalue weighted by Crippen LogP contribution is 2.19. The molecule has 0 radical (unpaired) electrons. The van der Waals surface area contributed by atoms with Crippen molar-refractivity contribution in [3.63, 3.8) is 0 Å². The Hall–Kier alpha value is -1.65. The smallest absolute Gasteiger partial charge is 0.253 e. The Balaban J connectivity index is 2.20. The molecule has 0 heterocycles. The van der Waals surface area contributed by atoms with Gasteiger partial charge in [0.15, 0.2) is 5.78 Å². The van der Waals surface area contributed by atoms with Crippen molar-refractivity contribution >= 4 is 39.2 Å². The molecule has 2 rings (SSSR count). The first-order valence-corrected chi connectivity index (χ1v) is 7.86. The lowest BCUT2D eigenvalue weighted by Crippen LogP contribution is -2.49. The highest BCUT2D eigenvalue weighted by molar-refractivity contribution is 9.10. The number of ketones is 1. The molecular formula is C17H15BrClNO2. The van der Waals surface area contributed by atoms with Crippen LogP contribution in [0.3, 0.4) is 0 Å². The van der Waals surface area contributed by atoms with Crippen molar-refractivity contribution in [1.29, 1.82) is 0 Å². The van der Waals surface area contributed by atoms with E-state index in [0.717, 1.165) is 0 Å². The van der Waals surface area contributed by atoms with Crippen molar-refractivity contribution in [2.24, 2.45) is 0 Å². The van der Waals surface area contributed by atoms with Crippen molar-refractivity contribution in [2.75, 3.05) is 0 Å². The summed E-state index contributed by atoms with van der Waals surface area (Å²) in [5.74, 6) is -0.482. The van der Waals surface area contributed by atoms with Gasteiger partial charge in [0.05, 0.1) is 11.1 Å². The summed E-state index contributed by atoms with van der Waals surface area (Å²) in [5.41, 5.74) is -0.0403. The van der Waals surface area contributed by atoms with Crippen LogP contribution < -0.4 is 5.32 Å². The highest BCUT2D eigenvalue weighted by Gasteiger charge is 2.31. The normalized spacial score (nSPS) is 11.1. The molecule has 2 aromatic carbocycles. The third kappa shape index (κ3) is 3.76. The molecule has 0 aliphatic heterocycles. The van der Waals surface area contributed by atoms with Crippen LogP contribution in [0.5, 0.6) is 0 Å². The summed E-state index contributed by atoms with van der Waals surface area (Å²) in [6.45, 7) is 3.36. The van der Waals surface area contributed by atoms with Gasteiger partial charge in [0, 0.05) is 15.1 Å². The molecule has 22 heavy (non-hydrogen) atoms. The number of halogens is 2. The molecule has 0 atom stereocenters. The van der Waals surface area contributed by atoms with E-state index in [9.17, 15) is 9.59 Å². The van der Waals surface area contributed by atoms with Gasteiger partial charge in [-0.15, -0.1) is 0 Å². The number of carbonyl (C=O) groups is 2. The predicted molar refractivity (Wildman–Crippen MR) is 91.5 cm³/mol. The van der Waals surface area contributed by atoms with Gasteiger partial charge in [-0.1, -0.05) is 23.7 Å². The Kier molecular flexibility index (Phi) is 5.04. The second kappa shape index (κ2) is 6.63. The maximum absolute atomic E-state index is 12.6. The van der Waals surface area contributed by atoms with Crippen LogP contribution in [0.25, 0.3) is 0 Å². The Labute approximate surface area is 142 Å². The molecule has 0 fully saturated rings. The van der Waals surface area contributed by atoms with Gasteiger partial charge < -0.3 is 5.32 Å². The summed E-state index contributed by atoms with van der Waals surface area (Å²) in [4.78, 5) is 24.9. The van der Waals surface area contributed by atoms with Crippen LogP contribution in [0.2, 0.25) is 5.02 Å². The fraction of sp³-hybridized carbons (Fsp3) is 0.176. The largest absolute Gasteiger partial charge is 0.340 e. The van der Waals surface area contributed by atoms with Gasteiger partial charge in [-0.3, -0.25) is 9.59 Å². The van der Waals surface area contributed by atoms with Gasteiger partial charge in [-0.25, -0.2) is 0 Å². The quantitative estimate of drug-likeness (QED) is 0.794. The molecule has 0 aliphatic rings. The topological polar surface area (TPSA) is 46.2 Å². The zero-order chi connectivity index (χ0) is 16.3. The number of hydrogen-bond acceptors (Lipinski definition) is 2. The van der Waals surface area contributed by atoms with Crippen LogP contribution in [-0.4, -0.2) is 17.2 Å². The van der Waals surface area contributed by atoms with Crippen molar-refractivity contribution in [1.82, 2.24) is 5.32 Å². The van der Waals surface area contributed by atoms with Crippen molar-refractivity contribution in [3.8, 4) is 0 Å². The molecule has 0 saturated carbocycles. The third-order valence-electron chi connectivity index (χ3n) is 3.22. The summed E-state index contributed by atoms with van der Waals surface area (Å²) in [6.07, 6.45) is 0. The van der Waals surface area contributed by atoms with E-state index in [2.05, 4.69) is 21.2 Å². The first-order chi connectivity index (χ1) is 10.3. The van der Waals surface area contributed by atoms with Crippen LogP contribution >= 0.6 is 27.5 Å². The Morgan fingerprint density at radius 3 is 2.23 bits per heavy atom. The summed E-state index contributed by atoms with van der Waals surface area (Å²) in [6, 6.07) is 13.7. The Morgan fingerprint density at radius 1 is 1.05 bits per heavy atom. The lowest BCUT2D eigenvalue weighted by Gasteiger charge is -2.25. The monoisotopic (exact) mass is 379 g/mol. The molecule has 5 heteroatoms. The predicted octanol–water partition coefficient (Wildman–Crippen LogP) is 4.49. The van der Waals surface area contributed by atoms with E-state index < -0.39 is 5.54 Å². The van der Waals surface area contributed by atoms with E-state index in [1.165, 1.54) is 0 Å². The number of amides is 1. The zero-order valence-corrected chi connectivity index (χ0v) is 14.5. The van der Waals surface area contributed by atoms with Crippen molar-refractivity contribution < 1.29 is 9.59 Å². The molecule has 0 saturated heterocycles. The molecule has 0 aliphatic carbocycles. The maximum atomic E-state index is 12.6. The molecule has 3 nitrogen and oxygen atoms in total. The summed E-state index contributed by atoms with van der Waals surface area (Å²) in [5, 5.41) is 3.34. The molecule has 0 aromatic heterocycles. The van der Waals surface area contributed by atoms with Crippen LogP contribution in [0.1, 0.15) is 34.6 Å². The minimum Gasteiger partial charge on any atom is -0.340 e. The van der Waals surface area contributed by atoms with E-state index in [0.29, 0.717) is 20.6 Å². The van der Waals surface area contributed by atoms with Crippen molar-refractivity contribution in [2.45, 2.75) is 19.4 Å². The molecule has 0 bridgehead atoms. The fourth-order valence-electron chi connectivity index (χ4n) is 2.02. The van der Waals surface area contributed by atoms with Crippen LogP contribution in [0.15, 0.2) is 53.0 Å². The molecule has 0 spiro atoms. The number of hydrogen-bond donors (Lipinski definition) is 1.